The molecule has 0 bridgehead atoms. The SMILES string of the molecule is COc1cc(S(=O)(=O)N2CCN(S(=O)(=O)c3cc(OC)c(Br)cc3OC)CC2)c(OC)cc1Br. The third kappa shape index (κ3) is 5.02. The molecule has 188 valence electrons. The fourth-order valence-corrected chi connectivity index (χ4v) is 7.61. The van der Waals surface area contributed by atoms with Crippen molar-refractivity contribution in [3.63, 3.8) is 0 Å². The highest BCUT2D eigenvalue weighted by Crippen LogP contribution is 2.38. The number of methoxy groups -OCH3 is 4. The summed E-state index contributed by atoms with van der Waals surface area (Å²) in [6, 6.07) is 5.78. The van der Waals surface area contributed by atoms with Crippen LogP contribution in [0.5, 0.6) is 23.0 Å². The van der Waals surface area contributed by atoms with Crippen LogP contribution < -0.4 is 18.9 Å². The van der Waals surface area contributed by atoms with Crippen LogP contribution in [0.2, 0.25) is 0 Å². The van der Waals surface area contributed by atoms with E-state index in [-0.39, 0.29) is 47.5 Å². The molecule has 0 spiro atoms. The molecule has 0 atom stereocenters. The summed E-state index contributed by atoms with van der Waals surface area (Å²) in [6.45, 7) is -0.170. The molecule has 2 aromatic rings. The minimum Gasteiger partial charge on any atom is -0.496 e. The number of nitrogens with zero attached hydrogens (tertiary/aromatic N) is 2. The van der Waals surface area contributed by atoms with Crippen LogP contribution in [0.25, 0.3) is 0 Å². The Morgan fingerprint density at radius 3 is 1.15 bits per heavy atom. The first-order chi connectivity index (χ1) is 16.0. The molecule has 0 aromatic heterocycles. The van der Waals surface area contributed by atoms with Crippen LogP contribution in [0.15, 0.2) is 43.0 Å². The minimum absolute atomic E-state index is 0.0426. The smallest absolute Gasteiger partial charge is 0.246 e. The molecule has 0 amide bonds. The molecule has 2 aromatic carbocycles. The van der Waals surface area contributed by atoms with Crippen molar-refractivity contribution in [3.8, 4) is 23.0 Å². The van der Waals surface area contributed by atoms with Crippen molar-refractivity contribution in [1.82, 2.24) is 8.61 Å². The first-order valence-corrected chi connectivity index (χ1v) is 14.3. The Bertz CT molecular complexity index is 1180. The van der Waals surface area contributed by atoms with Crippen molar-refractivity contribution >= 4 is 51.9 Å². The van der Waals surface area contributed by atoms with Gasteiger partial charge in [-0.25, -0.2) is 16.8 Å². The molecule has 0 aliphatic carbocycles. The number of piperazine rings is 1. The van der Waals surface area contributed by atoms with Gasteiger partial charge in [-0.3, -0.25) is 0 Å². The number of ether oxygens (including phenoxy) is 4. The molecular formula is C20H24Br2N2O8S2. The van der Waals surface area contributed by atoms with Gasteiger partial charge in [0.15, 0.2) is 0 Å². The summed E-state index contributed by atoms with van der Waals surface area (Å²) >= 11 is 6.63. The molecule has 1 fully saturated rings. The van der Waals surface area contributed by atoms with Gasteiger partial charge in [0.2, 0.25) is 20.0 Å². The first-order valence-electron chi connectivity index (χ1n) is 9.84. The van der Waals surface area contributed by atoms with Gasteiger partial charge in [0.25, 0.3) is 0 Å². The van der Waals surface area contributed by atoms with E-state index in [1.807, 2.05) is 0 Å². The predicted molar refractivity (Wildman–Crippen MR) is 132 cm³/mol. The summed E-state index contributed by atoms with van der Waals surface area (Å²) in [5, 5.41) is 0. The van der Waals surface area contributed by atoms with Crippen molar-refractivity contribution in [2.24, 2.45) is 0 Å². The van der Waals surface area contributed by atoms with Crippen LogP contribution in [-0.4, -0.2) is 80.1 Å². The fraction of sp³-hybridized carbons (Fsp3) is 0.400. The van der Waals surface area contributed by atoms with E-state index < -0.39 is 20.0 Å². The van der Waals surface area contributed by atoms with Gasteiger partial charge < -0.3 is 18.9 Å². The fourth-order valence-electron chi connectivity index (χ4n) is 3.50. The van der Waals surface area contributed by atoms with Gasteiger partial charge in [-0.2, -0.15) is 8.61 Å². The summed E-state index contributed by atoms with van der Waals surface area (Å²) in [4.78, 5) is -0.128. The second kappa shape index (κ2) is 10.6. The van der Waals surface area contributed by atoms with Gasteiger partial charge in [0.05, 0.1) is 37.4 Å². The number of halogens is 2. The third-order valence-electron chi connectivity index (χ3n) is 5.31. The van der Waals surface area contributed by atoms with Crippen LogP contribution in [0.1, 0.15) is 0 Å². The van der Waals surface area contributed by atoms with Crippen molar-refractivity contribution in [1.29, 1.82) is 0 Å². The molecule has 10 nitrogen and oxygen atoms in total. The largest absolute Gasteiger partial charge is 0.496 e. The standard InChI is InChI=1S/C20H24Br2N2O8S2/c1-29-15-11-19(17(31-3)9-13(15)21)33(25,26)23-5-7-24(8-6-23)34(27,28)20-12-16(30-2)14(22)10-18(20)32-4/h9-12H,5-8H2,1-4H3. The quantitative estimate of drug-likeness (QED) is 0.432. The number of hydrogen-bond acceptors (Lipinski definition) is 8. The number of sulfonamides is 2. The first kappa shape index (κ1) is 27.0. The maximum atomic E-state index is 13.4. The summed E-state index contributed by atoms with van der Waals surface area (Å²) in [6.07, 6.45) is 0. The van der Waals surface area contributed by atoms with E-state index in [9.17, 15) is 16.8 Å². The Balaban J connectivity index is 1.88. The number of benzene rings is 2. The topological polar surface area (TPSA) is 112 Å². The second-order valence-electron chi connectivity index (χ2n) is 7.08. The Morgan fingerprint density at radius 2 is 0.882 bits per heavy atom. The van der Waals surface area contributed by atoms with Crippen molar-refractivity contribution < 1.29 is 35.8 Å². The monoisotopic (exact) mass is 642 g/mol. The van der Waals surface area contributed by atoms with Gasteiger partial charge in [-0.15, -0.1) is 0 Å². The molecule has 3 rings (SSSR count). The Labute approximate surface area is 216 Å². The van der Waals surface area contributed by atoms with E-state index in [0.29, 0.717) is 20.4 Å². The van der Waals surface area contributed by atoms with Crippen LogP contribution in [0.4, 0.5) is 0 Å². The molecule has 0 radical (unpaired) electrons. The van der Waals surface area contributed by atoms with Gasteiger partial charge >= 0.3 is 0 Å². The molecule has 0 unspecified atom stereocenters. The van der Waals surface area contributed by atoms with E-state index in [1.165, 1.54) is 61.3 Å². The minimum atomic E-state index is -3.98. The lowest BCUT2D eigenvalue weighted by molar-refractivity contribution is 0.271. The highest BCUT2D eigenvalue weighted by molar-refractivity contribution is 9.11. The van der Waals surface area contributed by atoms with Gasteiger partial charge in [-0.05, 0) is 44.0 Å². The lowest BCUT2D eigenvalue weighted by Gasteiger charge is -2.33. The lowest BCUT2D eigenvalue weighted by Crippen LogP contribution is -2.50. The summed E-state index contributed by atoms with van der Waals surface area (Å²) < 4.78 is 78.0. The summed E-state index contributed by atoms with van der Waals surface area (Å²) in [5.74, 6) is 0.956. The lowest BCUT2D eigenvalue weighted by atomic mass is 10.3. The zero-order chi connectivity index (χ0) is 25.3. The average Bonchev–Trinajstić information content (AvgIpc) is 2.83. The second-order valence-corrected chi connectivity index (χ2v) is 12.6. The maximum Gasteiger partial charge on any atom is 0.246 e. The van der Waals surface area contributed by atoms with E-state index in [4.69, 9.17) is 18.9 Å². The molecule has 1 heterocycles. The molecule has 1 aliphatic heterocycles. The van der Waals surface area contributed by atoms with Gasteiger partial charge in [0.1, 0.15) is 32.8 Å². The Morgan fingerprint density at radius 1 is 0.588 bits per heavy atom. The Hall–Kier alpha value is -1.58. The van der Waals surface area contributed by atoms with Crippen LogP contribution >= 0.6 is 31.9 Å². The number of hydrogen-bond donors (Lipinski definition) is 0. The average molecular weight is 644 g/mol. The van der Waals surface area contributed by atoms with Gasteiger partial charge in [-0.1, -0.05) is 0 Å². The van der Waals surface area contributed by atoms with E-state index in [2.05, 4.69) is 31.9 Å². The zero-order valence-electron chi connectivity index (χ0n) is 18.9. The third-order valence-corrected chi connectivity index (χ3v) is 10.4. The molecule has 1 saturated heterocycles. The Kier molecular flexibility index (Phi) is 8.41. The molecule has 1 aliphatic rings. The van der Waals surface area contributed by atoms with E-state index in [1.54, 1.807) is 0 Å². The van der Waals surface area contributed by atoms with Crippen LogP contribution in [-0.2, 0) is 20.0 Å². The molecule has 34 heavy (non-hydrogen) atoms. The van der Waals surface area contributed by atoms with Crippen LogP contribution in [0, 0.1) is 0 Å². The normalized spacial score (nSPS) is 15.7. The molecule has 0 N–H and O–H groups in total. The molecule has 0 saturated carbocycles. The highest BCUT2D eigenvalue weighted by atomic mass is 79.9. The summed E-state index contributed by atoms with van der Waals surface area (Å²) in [7, 11) is -2.36. The van der Waals surface area contributed by atoms with Crippen molar-refractivity contribution in [2.75, 3.05) is 54.6 Å². The van der Waals surface area contributed by atoms with E-state index >= 15 is 0 Å². The van der Waals surface area contributed by atoms with Crippen molar-refractivity contribution in [2.45, 2.75) is 9.79 Å². The van der Waals surface area contributed by atoms with Gasteiger partial charge in [0, 0.05) is 38.3 Å². The zero-order valence-corrected chi connectivity index (χ0v) is 23.7. The molecule has 14 heteroatoms. The van der Waals surface area contributed by atoms with Crippen LogP contribution in [0.3, 0.4) is 0 Å². The van der Waals surface area contributed by atoms with E-state index in [0.717, 1.165) is 0 Å². The predicted octanol–water partition coefficient (Wildman–Crippen LogP) is 2.94. The number of rotatable bonds is 8. The molecular weight excluding hydrogens is 620 g/mol. The van der Waals surface area contributed by atoms with Crippen molar-refractivity contribution in [3.05, 3.63) is 33.2 Å². The summed E-state index contributed by atoms with van der Waals surface area (Å²) in [5.41, 5.74) is 0. The highest BCUT2D eigenvalue weighted by Gasteiger charge is 2.37. The maximum absolute atomic E-state index is 13.4.